The molecule has 0 aromatic heterocycles. The van der Waals surface area contributed by atoms with Crippen LogP contribution in [0.25, 0.3) is 0 Å². The molecule has 1 aliphatic rings. The van der Waals surface area contributed by atoms with Crippen LogP contribution in [0.1, 0.15) is 38.5 Å². The van der Waals surface area contributed by atoms with Crippen LogP contribution in [0.2, 0.25) is 0 Å². The third-order valence-electron chi connectivity index (χ3n) is 2.61. The minimum Gasteiger partial charge on any atom is -0.389 e. The molecule has 1 rings (SSSR count). The monoisotopic (exact) mass is 214 g/mol. The van der Waals surface area contributed by atoms with E-state index in [1.54, 1.807) is 6.08 Å². The molecule has 1 fully saturated rings. The third kappa shape index (κ3) is 5.92. The van der Waals surface area contributed by atoms with Crippen LogP contribution in [0.3, 0.4) is 0 Å². The van der Waals surface area contributed by atoms with Gasteiger partial charge in [-0.1, -0.05) is 6.08 Å². The first kappa shape index (κ1) is 12.7. The van der Waals surface area contributed by atoms with Crippen molar-refractivity contribution in [2.45, 2.75) is 50.9 Å². The highest BCUT2D eigenvalue weighted by molar-refractivity contribution is 4.77. The fourth-order valence-electron chi connectivity index (χ4n) is 1.63. The van der Waals surface area contributed by atoms with Gasteiger partial charge >= 0.3 is 0 Å². The number of hydrogen-bond donors (Lipinski definition) is 1. The Labute approximate surface area is 92.1 Å². The zero-order valence-corrected chi connectivity index (χ0v) is 9.36. The molecular formula is C12H22O3. The Morgan fingerprint density at radius 1 is 1.47 bits per heavy atom. The molecular weight excluding hydrogens is 192 g/mol. The standard InChI is InChI=1S/C12H22O3/c1-2-11(13)7-3-5-9-14-12-8-4-6-10-15-12/h2,11-13H,1,3-10H2/t11-,12?/m1/s1. The van der Waals surface area contributed by atoms with Gasteiger partial charge in [0.2, 0.25) is 0 Å². The molecule has 3 nitrogen and oxygen atoms in total. The van der Waals surface area contributed by atoms with Crippen LogP contribution in [0.15, 0.2) is 12.7 Å². The largest absolute Gasteiger partial charge is 0.389 e. The van der Waals surface area contributed by atoms with Crippen molar-refractivity contribution in [3.63, 3.8) is 0 Å². The minimum absolute atomic E-state index is 0.0167. The number of aliphatic hydroxyl groups excluding tert-OH is 1. The van der Waals surface area contributed by atoms with Gasteiger partial charge in [0.25, 0.3) is 0 Å². The smallest absolute Gasteiger partial charge is 0.157 e. The van der Waals surface area contributed by atoms with Crippen molar-refractivity contribution in [3.05, 3.63) is 12.7 Å². The molecule has 1 N–H and O–H groups in total. The van der Waals surface area contributed by atoms with Gasteiger partial charge in [-0.2, -0.15) is 0 Å². The summed E-state index contributed by atoms with van der Waals surface area (Å²) in [6.45, 7) is 5.10. The van der Waals surface area contributed by atoms with Crippen LogP contribution in [-0.2, 0) is 9.47 Å². The van der Waals surface area contributed by atoms with Gasteiger partial charge in [-0.3, -0.25) is 0 Å². The van der Waals surface area contributed by atoms with Gasteiger partial charge in [-0.15, -0.1) is 6.58 Å². The summed E-state index contributed by atoms with van der Waals surface area (Å²) >= 11 is 0. The van der Waals surface area contributed by atoms with Crippen molar-refractivity contribution in [2.75, 3.05) is 13.2 Å². The number of rotatable bonds is 7. The van der Waals surface area contributed by atoms with E-state index in [-0.39, 0.29) is 12.4 Å². The Kier molecular flexibility index (Phi) is 6.64. The van der Waals surface area contributed by atoms with E-state index in [0.29, 0.717) is 0 Å². The molecule has 1 heterocycles. The van der Waals surface area contributed by atoms with Gasteiger partial charge in [0.15, 0.2) is 6.29 Å². The summed E-state index contributed by atoms with van der Waals surface area (Å²) < 4.78 is 11.0. The SMILES string of the molecule is C=C[C@@H](O)CCCCOC1CCCCO1. The summed E-state index contributed by atoms with van der Waals surface area (Å²) in [7, 11) is 0. The maximum Gasteiger partial charge on any atom is 0.157 e. The second-order valence-electron chi connectivity index (χ2n) is 3.97. The maximum atomic E-state index is 9.22. The predicted octanol–water partition coefficient (Wildman–Crippen LogP) is 2.25. The Bertz CT molecular complexity index is 164. The van der Waals surface area contributed by atoms with Gasteiger partial charge in [0, 0.05) is 13.2 Å². The molecule has 1 aliphatic heterocycles. The van der Waals surface area contributed by atoms with Crippen LogP contribution in [0.5, 0.6) is 0 Å². The zero-order chi connectivity index (χ0) is 10.9. The van der Waals surface area contributed by atoms with E-state index in [9.17, 15) is 5.11 Å². The average molecular weight is 214 g/mol. The quantitative estimate of drug-likeness (QED) is 0.522. The molecule has 88 valence electrons. The number of ether oxygens (including phenoxy) is 2. The van der Waals surface area contributed by atoms with E-state index in [1.165, 1.54) is 6.42 Å². The Morgan fingerprint density at radius 3 is 3.00 bits per heavy atom. The Balaban J connectivity index is 1.89. The van der Waals surface area contributed by atoms with Crippen molar-refractivity contribution >= 4 is 0 Å². The number of hydrogen-bond acceptors (Lipinski definition) is 3. The normalized spacial score (nSPS) is 23.7. The Hall–Kier alpha value is -0.380. The van der Waals surface area contributed by atoms with Gasteiger partial charge in [-0.05, 0) is 38.5 Å². The van der Waals surface area contributed by atoms with Crippen LogP contribution in [0.4, 0.5) is 0 Å². The Morgan fingerprint density at radius 2 is 2.33 bits per heavy atom. The second-order valence-corrected chi connectivity index (χ2v) is 3.97. The van der Waals surface area contributed by atoms with E-state index in [0.717, 1.165) is 45.3 Å². The summed E-state index contributed by atoms with van der Waals surface area (Å²) in [5.41, 5.74) is 0. The highest BCUT2D eigenvalue weighted by Gasteiger charge is 2.13. The highest BCUT2D eigenvalue weighted by Crippen LogP contribution is 2.14. The second kappa shape index (κ2) is 7.85. The predicted molar refractivity (Wildman–Crippen MR) is 59.6 cm³/mol. The highest BCUT2D eigenvalue weighted by atomic mass is 16.7. The van der Waals surface area contributed by atoms with E-state index in [2.05, 4.69) is 6.58 Å². The van der Waals surface area contributed by atoms with Crippen LogP contribution >= 0.6 is 0 Å². The fourth-order valence-corrected chi connectivity index (χ4v) is 1.63. The van der Waals surface area contributed by atoms with Gasteiger partial charge in [-0.25, -0.2) is 0 Å². The molecule has 0 aromatic carbocycles. The molecule has 0 saturated carbocycles. The lowest BCUT2D eigenvalue weighted by Gasteiger charge is -2.22. The summed E-state index contributed by atoms with van der Waals surface area (Å²) in [6.07, 6.45) is 7.34. The van der Waals surface area contributed by atoms with Crippen molar-refractivity contribution in [1.29, 1.82) is 0 Å². The van der Waals surface area contributed by atoms with Crippen LogP contribution in [0, 0.1) is 0 Å². The maximum absolute atomic E-state index is 9.22. The molecule has 0 amide bonds. The molecule has 1 saturated heterocycles. The first-order valence-corrected chi connectivity index (χ1v) is 5.87. The van der Waals surface area contributed by atoms with E-state index < -0.39 is 0 Å². The zero-order valence-electron chi connectivity index (χ0n) is 9.36. The molecule has 3 heteroatoms. The first-order chi connectivity index (χ1) is 7.33. The lowest BCUT2D eigenvalue weighted by molar-refractivity contribution is -0.162. The lowest BCUT2D eigenvalue weighted by Crippen LogP contribution is -2.22. The van der Waals surface area contributed by atoms with Gasteiger partial charge in [0.1, 0.15) is 0 Å². The summed E-state index contributed by atoms with van der Waals surface area (Å²) in [6, 6.07) is 0. The van der Waals surface area contributed by atoms with E-state index >= 15 is 0 Å². The molecule has 2 atom stereocenters. The summed E-state index contributed by atoms with van der Waals surface area (Å²) in [5.74, 6) is 0. The summed E-state index contributed by atoms with van der Waals surface area (Å²) in [5, 5.41) is 9.22. The molecule has 0 aromatic rings. The molecule has 0 bridgehead atoms. The fraction of sp³-hybridized carbons (Fsp3) is 0.833. The van der Waals surface area contributed by atoms with Crippen molar-refractivity contribution in [2.24, 2.45) is 0 Å². The van der Waals surface area contributed by atoms with Crippen molar-refractivity contribution in [3.8, 4) is 0 Å². The minimum atomic E-state index is -0.365. The average Bonchev–Trinajstić information content (AvgIpc) is 2.29. The van der Waals surface area contributed by atoms with Crippen LogP contribution < -0.4 is 0 Å². The topological polar surface area (TPSA) is 38.7 Å². The van der Waals surface area contributed by atoms with Gasteiger partial charge < -0.3 is 14.6 Å². The third-order valence-corrected chi connectivity index (χ3v) is 2.61. The lowest BCUT2D eigenvalue weighted by atomic mass is 10.1. The van der Waals surface area contributed by atoms with E-state index in [4.69, 9.17) is 9.47 Å². The van der Waals surface area contributed by atoms with Crippen molar-refractivity contribution in [1.82, 2.24) is 0 Å². The molecule has 0 aliphatic carbocycles. The first-order valence-electron chi connectivity index (χ1n) is 5.87. The van der Waals surface area contributed by atoms with Crippen molar-refractivity contribution < 1.29 is 14.6 Å². The number of aliphatic hydroxyl groups is 1. The van der Waals surface area contributed by atoms with Crippen LogP contribution in [-0.4, -0.2) is 30.7 Å². The molecule has 0 spiro atoms. The van der Waals surface area contributed by atoms with E-state index in [1.807, 2.05) is 0 Å². The molecule has 1 unspecified atom stereocenters. The number of unbranched alkanes of at least 4 members (excludes halogenated alkanes) is 1. The summed E-state index contributed by atoms with van der Waals surface area (Å²) in [4.78, 5) is 0. The molecule has 15 heavy (non-hydrogen) atoms. The molecule has 0 radical (unpaired) electrons. The van der Waals surface area contributed by atoms with Gasteiger partial charge in [0.05, 0.1) is 6.10 Å².